The van der Waals surface area contributed by atoms with Gasteiger partial charge in [0.05, 0.1) is 6.61 Å². The molecule has 1 aliphatic heterocycles. The van der Waals surface area contributed by atoms with E-state index in [1.165, 1.54) is 25.7 Å². The van der Waals surface area contributed by atoms with Crippen LogP contribution in [0.5, 0.6) is 0 Å². The van der Waals surface area contributed by atoms with Crippen molar-refractivity contribution >= 4 is 5.97 Å². The van der Waals surface area contributed by atoms with Crippen molar-refractivity contribution in [1.82, 2.24) is 10.2 Å². The summed E-state index contributed by atoms with van der Waals surface area (Å²) >= 11 is 0. The van der Waals surface area contributed by atoms with Gasteiger partial charge in [0, 0.05) is 12.1 Å². The molecule has 0 aromatic carbocycles. The summed E-state index contributed by atoms with van der Waals surface area (Å²) in [7, 11) is 0. The first-order valence-electron chi connectivity index (χ1n) is 8.58. The molecule has 2 atom stereocenters. The molecule has 1 saturated heterocycles. The van der Waals surface area contributed by atoms with Gasteiger partial charge in [-0.05, 0) is 67.0 Å². The molecule has 1 N–H and O–H groups in total. The lowest BCUT2D eigenvalue weighted by Gasteiger charge is -2.37. The van der Waals surface area contributed by atoms with E-state index in [-0.39, 0.29) is 12.0 Å². The molecule has 124 valence electrons. The lowest BCUT2D eigenvalue weighted by Crippen LogP contribution is -2.56. The third kappa shape index (κ3) is 5.95. The average Bonchev–Trinajstić information content (AvgIpc) is 2.66. The molecule has 0 aromatic rings. The summed E-state index contributed by atoms with van der Waals surface area (Å²) in [5.74, 6) is -0.125. The fourth-order valence-electron chi connectivity index (χ4n) is 3.38. The highest BCUT2D eigenvalue weighted by Gasteiger charge is 2.37. The highest BCUT2D eigenvalue weighted by atomic mass is 16.5. The first-order chi connectivity index (χ1) is 9.89. The normalized spacial score (nSPS) is 21.6. The van der Waals surface area contributed by atoms with Crippen molar-refractivity contribution in [2.24, 2.45) is 0 Å². The van der Waals surface area contributed by atoms with Gasteiger partial charge >= 0.3 is 5.97 Å². The van der Waals surface area contributed by atoms with E-state index in [0.717, 1.165) is 19.5 Å². The largest absolute Gasteiger partial charge is 0.465 e. The van der Waals surface area contributed by atoms with E-state index in [0.29, 0.717) is 12.6 Å². The van der Waals surface area contributed by atoms with Crippen molar-refractivity contribution in [3.05, 3.63) is 0 Å². The summed E-state index contributed by atoms with van der Waals surface area (Å²) in [5, 5.41) is 3.43. The maximum Gasteiger partial charge on any atom is 0.326 e. The molecule has 1 heterocycles. The second kappa shape index (κ2) is 8.74. The minimum atomic E-state index is -0.601. The fraction of sp³-hybridized carbons (Fsp3) is 0.941. The first-order valence-corrected chi connectivity index (χ1v) is 8.58. The van der Waals surface area contributed by atoms with Crippen LogP contribution >= 0.6 is 0 Å². The summed E-state index contributed by atoms with van der Waals surface area (Å²) < 4.78 is 5.30. The number of nitrogens with one attached hydrogen (secondary N) is 1. The number of hydrogen-bond donors (Lipinski definition) is 1. The molecular formula is C17H34N2O2. The minimum absolute atomic E-state index is 0.125. The number of likely N-dealkylation sites (tertiary alicyclic amines) is 1. The number of carbonyl (C=O) groups is 1. The lowest BCUT2D eigenvalue weighted by atomic mass is 9.91. The molecule has 0 aromatic heterocycles. The lowest BCUT2D eigenvalue weighted by molar-refractivity contribution is -0.151. The van der Waals surface area contributed by atoms with Crippen molar-refractivity contribution in [3.8, 4) is 0 Å². The van der Waals surface area contributed by atoms with Crippen LogP contribution < -0.4 is 5.32 Å². The van der Waals surface area contributed by atoms with Crippen molar-refractivity contribution in [1.29, 1.82) is 0 Å². The monoisotopic (exact) mass is 298 g/mol. The van der Waals surface area contributed by atoms with Gasteiger partial charge in [-0.25, -0.2) is 0 Å². The first kappa shape index (κ1) is 18.4. The van der Waals surface area contributed by atoms with Gasteiger partial charge in [-0.1, -0.05) is 12.8 Å². The van der Waals surface area contributed by atoms with Crippen LogP contribution in [0.3, 0.4) is 0 Å². The number of ether oxygens (including phenoxy) is 1. The maximum atomic E-state index is 12.4. The van der Waals surface area contributed by atoms with Crippen LogP contribution in [0.1, 0.15) is 66.7 Å². The molecule has 0 spiro atoms. The van der Waals surface area contributed by atoms with E-state index in [1.54, 1.807) is 0 Å². The Labute approximate surface area is 130 Å². The summed E-state index contributed by atoms with van der Waals surface area (Å²) in [4.78, 5) is 14.9. The Morgan fingerprint density at radius 3 is 2.24 bits per heavy atom. The molecule has 0 radical (unpaired) electrons. The van der Waals surface area contributed by atoms with E-state index in [1.807, 2.05) is 13.8 Å². The predicted octanol–water partition coefficient (Wildman–Crippen LogP) is 2.96. The standard InChI is InChI=1S/C17H34N2O2/c1-6-21-16(20)17(5,18-14(2)3)13-15(4)19-11-9-7-8-10-12-19/h14-15,18H,6-13H2,1-5H3. The number of rotatable bonds is 7. The zero-order chi connectivity index (χ0) is 15.9. The molecule has 4 nitrogen and oxygen atoms in total. The molecule has 21 heavy (non-hydrogen) atoms. The van der Waals surface area contributed by atoms with Crippen LogP contribution in [0.2, 0.25) is 0 Å². The summed E-state index contributed by atoms with van der Waals surface area (Å²) in [5.41, 5.74) is -0.601. The third-order valence-corrected chi connectivity index (χ3v) is 4.30. The van der Waals surface area contributed by atoms with Gasteiger partial charge in [0.25, 0.3) is 0 Å². The molecule has 0 amide bonds. The number of hydrogen-bond acceptors (Lipinski definition) is 4. The van der Waals surface area contributed by atoms with Gasteiger partial charge in [0.1, 0.15) is 5.54 Å². The highest BCUT2D eigenvalue weighted by molar-refractivity contribution is 5.80. The summed E-state index contributed by atoms with van der Waals surface area (Å²) in [6.07, 6.45) is 6.02. The van der Waals surface area contributed by atoms with Crippen LogP contribution in [-0.4, -0.2) is 48.2 Å². The van der Waals surface area contributed by atoms with E-state index >= 15 is 0 Å². The Hall–Kier alpha value is -0.610. The number of esters is 1. The van der Waals surface area contributed by atoms with Crippen LogP contribution in [-0.2, 0) is 9.53 Å². The Balaban J connectivity index is 2.71. The Morgan fingerprint density at radius 1 is 1.19 bits per heavy atom. The Kier molecular flexibility index (Phi) is 7.67. The van der Waals surface area contributed by atoms with Crippen LogP contribution in [0, 0.1) is 0 Å². The molecule has 1 fully saturated rings. The molecule has 2 unspecified atom stereocenters. The number of carbonyl (C=O) groups excluding carboxylic acids is 1. The molecular weight excluding hydrogens is 264 g/mol. The van der Waals surface area contributed by atoms with Crippen molar-refractivity contribution in [2.45, 2.75) is 84.3 Å². The fourth-order valence-corrected chi connectivity index (χ4v) is 3.38. The smallest absolute Gasteiger partial charge is 0.326 e. The second-order valence-electron chi connectivity index (χ2n) is 6.85. The van der Waals surface area contributed by atoms with Gasteiger partial charge in [0.15, 0.2) is 0 Å². The van der Waals surface area contributed by atoms with Crippen molar-refractivity contribution < 1.29 is 9.53 Å². The van der Waals surface area contributed by atoms with Gasteiger partial charge < -0.3 is 9.64 Å². The van der Waals surface area contributed by atoms with E-state index in [4.69, 9.17) is 4.74 Å². The molecule has 0 saturated carbocycles. The molecule has 1 aliphatic rings. The summed E-state index contributed by atoms with van der Waals surface area (Å²) in [6.45, 7) is 13.0. The Bertz CT molecular complexity index is 312. The van der Waals surface area contributed by atoms with E-state index in [2.05, 4.69) is 31.0 Å². The van der Waals surface area contributed by atoms with Gasteiger partial charge in [-0.15, -0.1) is 0 Å². The number of nitrogens with zero attached hydrogens (tertiary/aromatic N) is 1. The van der Waals surface area contributed by atoms with Gasteiger partial charge in [-0.3, -0.25) is 10.1 Å². The maximum absolute atomic E-state index is 12.4. The van der Waals surface area contributed by atoms with Gasteiger partial charge in [0.2, 0.25) is 0 Å². The topological polar surface area (TPSA) is 41.6 Å². The molecule has 0 bridgehead atoms. The van der Waals surface area contributed by atoms with Crippen LogP contribution in [0.25, 0.3) is 0 Å². The van der Waals surface area contributed by atoms with E-state index in [9.17, 15) is 4.79 Å². The molecule has 4 heteroatoms. The van der Waals surface area contributed by atoms with Crippen molar-refractivity contribution in [3.63, 3.8) is 0 Å². The van der Waals surface area contributed by atoms with Crippen LogP contribution in [0.4, 0.5) is 0 Å². The zero-order valence-electron chi connectivity index (χ0n) is 14.6. The quantitative estimate of drug-likeness (QED) is 0.734. The van der Waals surface area contributed by atoms with Crippen molar-refractivity contribution in [2.75, 3.05) is 19.7 Å². The molecule has 0 aliphatic carbocycles. The van der Waals surface area contributed by atoms with E-state index < -0.39 is 5.54 Å². The molecule has 1 rings (SSSR count). The average molecular weight is 298 g/mol. The second-order valence-corrected chi connectivity index (χ2v) is 6.85. The van der Waals surface area contributed by atoms with Gasteiger partial charge in [-0.2, -0.15) is 0 Å². The predicted molar refractivity (Wildman–Crippen MR) is 87.4 cm³/mol. The summed E-state index contributed by atoms with van der Waals surface area (Å²) in [6, 6.07) is 0.652. The van der Waals surface area contributed by atoms with Crippen LogP contribution in [0.15, 0.2) is 0 Å². The minimum Gasteiger partial charge on any atom is -0.465 e. The Morgan fingerprint density at radius 2 is 1.76 bits per heavy atom. The highest BCUT2D eigenvalue weighted by Crippen LogP contribution is 2.22. The zero-order valence-corrected chi connectivity index (χ0v) is 14.6. The third-order valence-electron chi connectivity index (χ3n) is 4.30. The SMILES string of the molecule is CCOC(=O)C(C)(CC(C)N1CCCCCC1)NC(C)C.